The maximum Gasteiger partial charge on any atom is 0.208 e. The summed E-state index contributed by atoms with van der Waals surface area (Å²) in [6, 6.07) is 0. The molecule has 0 amide bonds. The third kappa shape index (κ3) is 19.8. The number of nitrogens with zero attached hydrogens (tertiary/aromatic N) is 1. The summed E-state index contributed by atoms with van der Waals surface area (Å²) in [5.41, 5.74) is 0. The van der Waals surface area contributed by atoms with Crippen molar-refractivity contribution >= 4 is 40.0 Å². The first kappa shape index (κ1) is 25.1. The summed E-state index contributed by atoms with van der Waals surface area (Å²) in [4.78, 5) is 4.42. The van der Waals surface area contributed by atoms with Gasteiger partial charge in [0.1, 0.15) is 0 Å². The fourth-order valence-electron chi connectivity index (χ4n) is 1.50. The van der Waals surface area contributed by atoms with Crippen molar-refractivity contribution in [2.75, 3.05) is 59.4 Å². The van der Waals surface area contributed by atoms with Crippen LogP contribution in [0, 0.1) is 0 Å². The number of hydrogen-bond donors (Lipinski definition) is 3. The smallest absolute Gasteiger partial charge is 0.208 e. The zero-order chi connectivity index (χ0) is 16.7. The Balaban J connectivity index is 0. The first-order valence-corrected chi connectivity index (χ1v) is 9.42. The molecular weight excluding hydrogens is 435 g/mol. The predicted molar refractivity (Wildman–Crippen MR) is 104 cm³/mol. The van der Waals surface area contributed by atoms with Crippen LogP contribution in [0.2, 0.25) is 0 Å². The van der Waals surface area contributed by atoms with Gasteiger partial charge in [0.25, 0.3) is 0 Å². The van der Waals surface area contributed by atoms with Crippen molar-refractivity contribution in [1.82, 2.24) is 15.4 Å². The lowest BCUT2D eigenvalue weighted by atomic mass is 10.4. The van der Waals surface area contributed by atoms with Crippen molar-refractivity contribution < 1.29 is 17.9 Å². The highest BCUT2D eigenvalue weighted by atomic mass is 127. The van der Waals surface area contributed by atoms with Crippen LogP contribution in [0.3, 0.4) is 0 Å². The highest BCUT2D eigenvalue weighted by Crippen LogP contribution is 1.86. The number of hydrogen-bond acceptors (Lipinski definition) is 5. The van der Waals surface area contributed by atoms with Gasteiger partial charge >= 0.3 is 0 Å². The van der Waals surface area contributed by atoms with Crippen molar-refractivity contribution in [2.24, 2.45) is 4.99 Å². The van der Waals surface area contributed by atoms with E-state index in [2.05, 4.69) is 20.3 Å². The maximum atomic E-state index is 10.9. The molecule has 0 aliphatic heterocycles. The van der Waals surface area contributed by atoms with Gasteiger partial charge in [-0.1, -0.05) is 0 Å². The molecule has 10 heteroatoms. The van der Waals surface area contributed by atoms with Crippen molar-refractivity contribution in [2.45, 2.75) is 19.8 Å². The fraction of sp³-hybridized carbons (Fsp3) is 0.923. The largest absolute Gasteiger partial charge is 0.382 e. The summed E-state index contributed by atoms with van der Waals surface area (Å²) < 4.78 is 34.5. The van der Waals surface area contributed by atoms with Crippen LogP contribution in [0.1, 0.15) is 19.8 Å². The monoisotopic (exact) mass is 466 g/mol. The highest BCUT2D eigenvalue weighted by molar-refractivity contribution is 14.0. The van der Waals surface area contributed by atoms with Crippen LogP contribution in [0.4, 0.5) is 0 Å². The van der Waals surface area contributed by atoms with Gasteiger partial charge in [0, 0.05) is 39.9 Å². The van der Waals surface area contributed by atoms with E-state index in [1.807, 2.05) is 6.92 Å². The zero-order valence-corrected chi connectivity index (χ0v) is 17.4. The number of ether oxygens (including phenoxy) is 2. The minimum atomic E-state index is -3.11. The molecule has 140 valence electrons. The number of sulfonamides is 1. The van der Waals surface area contributed by atoms with Crippen LogP contribution >= 0.6 is 24.0 Å². The summed E-state index contributed by atoms with van der Waals surface area (Å²) in [6.45, 7) is 6.38. The van der Waals surface area contributed by atoms with E-state index in [0.717, 1.165) is 25.2 Å². The van der Waals surface area contributed by atoms with E-state index in [0.29, 0.717) is 45.9 Å². The van der Waals surface area contributed by atoms with Crippen LogP contribution in [0.15, 0.2) is 4.99 Å². The Hall–Kier alpha value is -0.170. The van der Waals surface area contributed by atoms with E-state index in [4.69, 9.17) is 9.47 Å². The van der Waals surface area contributed by atoms with Gasteiger partial charge in [-0.05, 0) is 19.8 Å². The summed E-state index contributed by atoms with van der Waals surface area (Å²) in [5, 5.41) is 6.30. The van der Waals surface area contributed by atoms with Crippen molar-refractivity contribution in [3.8, 4) is 0 Å². The van der Waals surface area contributed by atoms with Gasteiger partial charge in [-0.2, -0.15) is 0 Å². The molecule has 23 heavy (non-hydrogen) atoms. The third-order valence-corrected chi connectivity index (χ3v) is 3.23. The molecule has 0 aromatic carbocycles. The Labute approximate surface area is 157 Å². The molecule has 0 atom stereocenters. The molecule has 0 rings (SSSR count). The second-order valence-corrected chi connectivity index (χ2v) is 6.50. The first-order valence-electron chi connectivity index (χ1n) is 7.53. The molecule has 0 heterocycles. The summed E-state index contributed by atoms with van der Waals surface area (Å²) >= 11 is 0. The van der Waals surface area contributed by atoms with Crippen LogP contribution in [0.5, 0.6) is 0 Å². The minimum absolute atomic E-state index is 0. The number of rotatable bonds is 13. The average Bonchev–Trinajstić information content (AvgIpc) is 2.44. The molecule has 0 aliphatic rings. The summed E-state index contributed by atoms with van der Waals surface area (Å²) in [5.74, 6) is 0.735. The second kappa shape index (κ2) is 16.7. The number of aliphatic imine (C=N–C) groups is 1. The zero-order valence-electron chi connectivity index (χ0n) is 14.3. The Morgan fingerprint density at radius 3 is 2.43 bits per heavy atom. The first-order chi connectivity index (χ1) is 10.5. The van der Waals surface area contributed by atoms with Gasteiger partial charge < -0.3 is 20.1 Å². The quantitative estimate of drug-likeness (QED) is 0.155. The summed E-state index contributed by atoms with van der Waals surface area (Å²) in [6.07, 6.45) is 2.69. The van der Waals surface area contributed by atoms with Gasteiger partial charge in [0.15, 0.2) is 5.96 Å². The molecule has 0 radical (unpaired) electrons. The topological polar surface area (TPSA) is 101 Å². The van der Waals surface area contributed by atoms with Crippen LogP contribution in [0.25, 0.3) is 0 Å². The van der Waals surface area contributed by atoms with Crippen molar-refractivity contribution in [1.29, 1.82) is 0 Å². The molecule has 0 saturated carbocycles. The van der Waals surface area contributed by atoms with Crippen molar-refractivity contribution in [3.05, 3.63) is 0 Å². The van der Waals surface area contributed by atoms with E-state index >= 15 is 0 Å². The van der Waals surface area contributed by atoms with E-state index in [1.165, 1.54) is 0 Å². The third-order valence-electron chi connectivity index (χ3n) is 2.50. The summed E-state index contributed by atoms with van der Waals surface area (Å²) in [7, 11) is -1.46. The highest BCUT2D eigenvalue weighted by Gasteiger charge is 2.00. The van der Waals surface area contributed by atoms with E-state index < -0.39 is 10.0 Å². The van der Waals surface area contributed by atoms with Crippen molar-refractivity contribution in [3.63, 3.8) is 0 Å². The molecule has 8 nitrogen and oxygen atoms in total. The van der Waals surface area contributed by atoms with Gasteiger partial charge in [0.05, 0.1) is 19.5 Å². The molecule has 0 saturated heterocycles. The lowest BCUT2D eigenvalue weighted by molar-refractivity contribution is 0.0702. The average molecular weight is 466 g/mol. The number of methoxy groups -OCH3 is 1. The maximum absolute atomic E-state index is 10.9. The predicted octanol–water partition coefficient (Wildman–Crippen LogP) is 0.152. The molecular formula is C13H31IN4O4S. The van der Waals surface area contributed by atoms with Gasteiger partial charge in [-0.25, -0.2) is 13.1 Å². The Morgan fingerprint density at radius 2 is 1.83 bits per heavy atom. The molecule has 0 aromatic heterocycles. The van der Waals surface area contributed by atoms with E-state index in [-0.39, 0.29) is 24.0 Å². The van der Waals surface area contributed by atoms with Gasteiger partial charge in [-0.15, -0.1) is 24.0 Å². The Bertz CT molecular complexity index is 393. The molecule has 0 aromatic rings. The minimum Gasteiger partial charge on any atom is -0.382 e. The van der Waals surface area contributed by atoms with Crippen LogP contribution in [-0.4, -0.2) is 73.7 Å². The molecule has 0 bridgehead atoms. The Morgan fingerprint density at radius 1 is 1.09 bits per heavy atom. The SMILES string of the molecule is CCNC(=NCCCOCCOC)NCCCNS(C)(=O)=O.I. The standard InChI is InChI=1S/C13H30N4O4S.HI/c1-4-14-13(15-7-5-9-17-22(3,18)19)16-8-6-10-21-12-11-20-2;/h17H,4-12H2,1-3H3,(H2,14,15,16);1H. The number of nitrogens with one attached hydrogen (secondary N) is 3. The number of halogens is 1. The fourth-order valence-corrected chi connectivity index (χ4v) is 2.01. The normalized spacial score (nSPS) is 11.9. The lowest BCUT2D eigenvalue weighted by Gasteiger charge is -2.11. The molecule has 0 fully saturated rings. The molecule has 0 aliphatic carbocycles. The van der Waals surface area contributed by atoms with E-state index in [1.54, 1.807) is 7.11 Å². The van der Waals surface area contributed by atoms with Gasteiger partial charge in [0.2, 0.25) is 10.0 Å². The van der Waals surface area contributed by atoms with Crippen LogP contribution in [-0.2, 0) is 19.5 Å². The second-order valence-electron chi connectivity index (χ2n) is 4.67. The molecule has 3 N–H and O–H groups in total. The Kier molecular flexibility index (Phi) is 18.2. The lowest BCUT2D eigenvalue weighted by Crippen LogP contribution is -2.38. The van der Waals surface area contributed by atoms with Crippen LogP contribution < -0.4 is 15.4 Å². The number of guanidine groups is 1. The molecule has 0 unspecified atom stereocenters. The molecule has 0 spiro atoms. The van der Waals surface area contributed by atoms with Gasteiger partial charge in [-0.3, -0.25) is 4.99 Å². The van der Waals surface area contributed by atoms with E-state index in [9.17, 15) is 8.42 Å².